The lowest BCUT2D eigenvalue weighted by Crippen LogP contribution is -2.40. The van der Waals surface area contributed by atoms with E-state index in [1.807, 2.05) is 30.3 Å². The van der Waals surface area contributed by atoms with Gasteiger partial charge >= 0.3 is 0 Å². The predicted octanol–water partition coefficient (Wildman–Crippen LogP) is 2.41. The number of benzene rings is 1. The van der Waals surface area contributed by atoms with Crippen LogP contribution in [0.15, 0.2) is 30.3 Å². The van der Waals surface area contributed by atoms with E-state index in [-0.39, 0.29) is 24.4 Å². The zero-order chi connectivity index (χ0) is 12.0. The summed E-state index contributed by atoms with van der Waals surface area (Å²) in [6.45, 7) is 3.80. The average molecular weight is 257 g/mol. The summed E-state index contributed by atoms with van der Waals surface area (Å²) in [7, 11) is 0. The first-order valence-corrected chi connectivity index (χ1v) is 5.76. The van der Waals surface area contributed by atoms with Crippen molar-refractivity contribution in [2.45, 2.75) is 38.8 Å². The van der Waals surface area contributed by atoms with E-state index in [9.17, 15) is 4.79 Å². The predicted molar refractivity (Wildman–Crippen MR) is 73.1 cm³/mol. The van der Waals surface area contributed by atoms with Crippen molar-refractivity contribution >= 4 is 18.3 Å². The number of carbonyl (C=O) groups excluding carboxylic acids is 1. The quantitative estimate of drug-likeness (QED) is 0.850. The standard InChI is InChI=1S/C13H20N2O.ClH/c1-3-7-12(15-13(16)10(2)14)11-8-5-4-6-9-11;/h4-6,8-10,12H,3,7,14H2,1-2H3,(H,15,16);1H. The molecule has 96 valence electrons. The Balaban J connectivity index is 0.00000256. The molecule has 0 aliphatic heterocycles. The molecular weight excluding hydrogens is 236 g/mol. The van der Waals surface area contributed by atoms with Crippen molar-refractivity contribution in [3.8, 4) is 0 Å². The molecule has 1 rings (SSSR count). The third-order valence-corrected chi connectivity index (χ3v) is 2.51. The van der Waals surface area contributed by atoms with Crippen LogP contribution in [0.1, 0.15) is 38.3 Å². The number of rotatable bonds is 5. The number of hydrogen-bond donors (Lipinski definition) is 2. The second-order valence-electron chi connectivity index (χ2n) is 4.05. The van der Waals surface area contributed by atoms with Crippen LogP contribution >= 0.6 is 12.4 Å². The van der Waals surface area contributed by atoms with Gasteiger partial charge in [0.25, 0.3) is 0 Å². The van der Waals surface area contributed by atoms with Gasteiger partial charge < -0.3 is 11.1 Å². The van der Waals surface area contributed by atoms with E-state index < -0.39 is 6.04 Å². The maximum absolute atomic E-state index is 11.6. The maximum atomic E-state index is 11.6. The summed E-state index contributed by atoms with van der Waals surface area (Å²) in [5.74, 6) is -0.0951. The van der Waals surface area contributed by atoms with Crippen molar-refractivity contribution in [1.82, 2.24) is 5.32 Å². The van der Waals surface area contributed by atoms with Crippen LogP contribution in [0.25, 0.3) is 0 Å². The van der Waals surface area contributed by atoms with Gasteiger partial charge in [0.15, 0.2) is 0 Å². The Morgan fingerprint density at radius 2 is 1.94 bits per heavy atom. The fraction of sp³-hybridized carbons (Fsp3) is 0.462. The van der Waals surface area contributed by atoms with Crippen molar-refractivity contribution in [3.63, 3.8) is 0 Å². The summed E-state index contributed by atoms with van der Waals surface area (Å²) in [6.07, 6.45) is 1.96. The third-order valence-electron chi connectivity index (χ3n) is 2.51. The first-order chi connectivity index (χ1) is 7.65. The minimum absolute atomic E-state index is 0. The lowest BCUT2D eigenvalue weighted by Gasteiger charge is -2.19. The first kappa shape index (κ1) is 15.9. The lowest BCUT2D eigenvalue weighted by atomic mass is 10.0. The van der Waals surface area contributed by atoms with Crippen LogP contribution in [0.2, 0.25) is 0 Å². The van der Waals surface area contributed by atoms with Crippen LogP contribution in [0.3, 0.4) is 0 Å². The number of halogens is 1. The van der Waals surface area contributed by atoms with E-state index in [1.54, 1.807) is 6.92 Å². The van der Waals surface area contributed by atoms with E-state index in [0.29, 0.717) is 0 Å². The molecule has 0 aliphatic rings. The Morgan fingerprint density at radius 3 is 2.41 bits per heavy atom. The molecule has 0 saturated carbocycles. The van der Waals surface area contributed by atoms with Gasteiger partial charge in [-0.15, -0.1) is 12.4 Å². The molecule has 3 nitrogen and oxygen atoms in total. The molecule has 0 saturated heterocycles. The molecule has 17 heavy (non-hydrogen) atoms. The van der Waals surface area contributed by atoms with Gasteiger partial charge in [-0.05, 0) is 18.9 Å². The molecule has 1 aromatic rings. The Kier molecular flexibility index (Phi) is 7.59. The Morgan fingerprint density at radius 1 is 1.35 bits per heavy atom. The highest BCUT2D eigenvalue weighted by molar-refractivity contribution is 5.85. The van der Waals surface area contributed by atoms with Crippen LogP contribution in [-0.2, 0) is 4.79 Å². The highest BCUT2D eigenvalue weighted by Gasteiger charge is 2.15. The van der Waals surface area contributed by atoms with Crippen molar-refractivity contribution in [2.75, 3.05) is 0 Å². The lowest BCUT2D eigenvalue weighted by molar-refractivity contribution is -0.122. The second-order valence-corrected chi connectivity index (χ2v) is 4.05. The number of hydrogen-bond acceptors (Lipinski definition) is 2. The van der Waals surface area contributed by atoms with Crippen LogP contribution in [0.5, 0.6) is 0 Å². The van der Waals surface area contributed by atoms with Crippen LogP contribution < -0.4 is 11.1 Å². The minimum atomic E-state index is -0.455. The van der Waals surface area contributed by atoms with Crippen molar-refractivity contribution in [1.29, 1.82) is 0 Å². The largest absolute Gasteiger partial charge is 0.348 e. The molecule has 3 N–H and O–H groups in total. The van der Waals surface area contributed by atoms with Gasteiger partial charge in [0.1, 0.15) is 0 Å². The van der Waals surface area contributed by atoms with Gasteiger partial charge in [-0.1, -0.05) is 43.7 Å². The molecule has 2 unspecified atom stereocenters. The van der Waals surface area contributed by atoms with Crippen LogP contribution in [-0.4, -0.2) is 11.9 Å². The van der Waals surface area contributed by atoms with Gasteiger partial charge in [-0.3, -0.25) is 4.79 Å². The van der Waals surface area contributed by atoms with Gasteiger partial charge in [0, 0.05) is 0 Å². The zero-order valence-electron chi connectivity index (χ0n) is 10.3. The minimum Gasteiger partial charge on any atom is -0.348 e. The van der Waals surface area contributed by atoms with Gasteiger partial charge in [0.2, 0.25) is 5.91 Å². The molecule has 0 spiro atoms. The molecule has 1 aromatic carbocycles. The zero-order valence-corrected chi connectivity index (χ0v) is 11.2. The molecular formula is C13H21ClN2O. The first-order valence-electron chi connectivity index (χ1n) is 5.76. The van der Waals surface area contributed by atoms with E-state index in [2.05, 4.69) is 12.2 Å². The topological polar surface area (TPSA) is 55.1 Å². The number of nitrogens with two attached hydrogens (primary N) is 1. The van der Waals surface area contributed by atoms with Crippen LogP contribution in [0, 0.1) is 0 Å². The van der Waals surface area contributed by atoms with E-state index >= 15 is 0 Å². The fourth-order valence-electron chi connectivity index (χ4n) is 1.60. The SMILES string of the molecule is CCCC(NC(=O)C(C)N)c1ccccc1.Cl. The summed E-state index contributed by atoms with van der Waals surface area (Å²) in [6, 6.07) is 9.61. The summed E-state index contributed by atoms with van der Waals surface area (Å²) >= 11 is 0. The Labute approximate surface area is 109 Å². The molecule has 4 heteroatoms. The van der Waals surface area contributed by atoms with Crippen molar-refractivity contribution in [3.05, 3.63) is 35.9 Å². The Hall–Kier alpha value is -1.06. The average Bonchev–Trinajstić information content (AvgIpc) is 2.29. The van der Waals surface area contributed by atoms with Crippen molar-refractivity contribution < 1.29 is 4.79 Å². The molecule has 0 aliphatic carbocycles. The fourth-order valence-corrected chi connectivity index (χ4v) is 1.60. The van der Waals surface area contributed by atoms with Gasteiger partial charge in [-0.2, -0.15) is 0 Å². The molecule has 0 aromatic heterocycles. The monoisotopic (exact) mass is 256 g/mol. The molecule has 0 bridgehead atoms. The second kappa shape index (κ2) is 8.09. The Bertz CT molecular complexity index is 327. The number of nitrogens with one attached hydrogen (secondary N) is 1. The van der Waals surface area contributed by atoms with Gasteiger partial charge in [-0.25, -0.2) is 0 Å². The highest BCUT2D eigenvalue weighted by Crippen LogP contribution is 2.17. The normalized spacial score (nSPS) is 13.4. The van der Waals surface area contributed by atoms with Crippen LogP contribution in [0.4, 0.5) is 0 Å². The smallest absolute Gasteiger partial charge is 0.237 e. The van der Waals surface area contributed by atoms with Gasteiger partial charge in [0.05, 0.1) is 12.1 Å². The molecule has 0 radical (unpaired) electrons. The summed E-state index contributed by atoms with van der Waals surface area (Å²) in [4.78, 5) is 11.6. The highest BCUT2D eigenvalue weighted by atomic mass is 35.5. The third kappa shape index (κ3) is 5.20. The van der Waals surface area contributed by atoms with E-state index in [0.717, 1.165) is 18.4 Å². The molecule has 0 fully saturated rings. The summed E-state index contributed by atoms with van der Waals surface area (Å²) < 4.78 is 0. The van der Waals surface area contributed by atoms with E-state index in [4.69, 9.17) is 5.73 Å². The maximum Gasteiger partial charge on any atom is 0.237 e. The number of carbonyl (C=O) groups is 1. The molecule has 0 heterocycles. The molecule has 1 amide bonds. The summed E-state index contributed by atoms with van der Waals surface area (Å²) in [5, 5.41) is 2.97. The van der Waals surface area contributed by atoms with Crippen molar-refractivity contribution in [2.24, 2.45) is 5.73 Å². The van der Waals surface area contributed by atoms with E-state index in [1.165, 1.54) is 0 Å². The number of amides is 1. The summed E-state index contributed by atoms with van der Waals surface area (Å²) in [5.41, 5.74) is 6.68. The molecule has 2 atom stereocenters.